The quantitative estimate of drug-likeness (QED) is 0.718. The summed E-state index contributed by atoms with van der Waals surface area (Å²) < 4.78 is 1.80. The normalized spacial score (nSPS) is 16.2. The van der Waals surface area contributed by atoms with E-state index in [0.717, 1.165) is 36.0 Å². The number of hydrogen-bond acceptors (Lipinski definition) is 1. The Morgan fingerprint density at radius 3 is 2.82 bits per heavy atom. The highest BCUT2D eigenvalue weighted by molar-refractivity contribution is 6.35. The Hall–Kier alpha value is -2.06. The minimum atomic E-state index is -0.0413. The number of rotatable bonds is 2. The molecule has 0 aliphatic heterocycles. The molecule has 112 valence electrons. The first-order chi connectivity index (χ1) is 10.7. The first kappa shape index (κ1) is 14.9. The molecule has 22 heavy (non-hydrogen) atoms. The van der Waals surface area contributed by atoms with Gasteiger partial charge in [0.05, 0.1) is 10.4 Å². The van der Waals surface area contributed by atoms with E-state index >= 15 is 0 Å². The maximum atomic E-state index is 13.0. The molecule has 0 saturated heterocycles. The largest absolute Gasteiger partial charge is 0.281 e. The second kappa shape index (κ2) is 6.37. The average molecular weight is 312 g/mol. The number of fused-ring (bicyclic) bond motifs is 1. The van der Waals surface area contributed by atoms with Crippen LogP contribution in [0.1, 0.15) is 25.5 Å². The van der Waals surface area contributed by atoms with E-state index in [1.54, 1.807) is 10.6 Å². The lowest BCUT2D eigenvalue weighted by atomic mass is 10.1. The highest BCUT2D eigenvalue weighted by Crippen LogP contribution is 2.23. The van der Waals surface area contributed by atoms with Gasteiger partial charge < -0.3 is 0 Å². The van der Waals surface area contributed by atoms with E-state index in [0.29, 0.717) is 10.4 Å². The van der Waals surface area contributed by atoms with Crippen molar-refractivity contribution in [3.63, 3.8) is 0 Å². The van der Waals surface area contributed by atoms with Gasteiger partial charge in [-0.15, -0.1) is 0 Å². The van der Waals surface area contributed by atoms with E-state index < -0.39 is 0 Å². The number of halogens is 1. The SMILES string of the molecule is CCc1cc2cccc(Cl)c2c(=O)n1C1=CC/C=C/CC=C1. The fraction of sp³-hybridized carbons (Fsp3) is 0.211. The third-order valence-electron chi connectivity index (χ3n) is 3.88. The Morgan fingerprint density at radius 2 is 2.00 bits per heavy atom. The number of allylic oxidation sites excluding steroid dienone is 6. The Kier molecular flexibility index (Phi) is 4.30. The van der Waals surface area contributed by atoms with Crippen molar-refractivity contribution in [1.29, 1.82) is 0 Å². The standard InChI is InChI=1S/C19H18ClNO/c1-2-15-13-14-9-8-12-17(20)18(14)19(22)21(15)16-10-6-4-3-5-7-11-16/h3-4,7-13H,2,5-6H2,1H3/b4-3+,11-7?,16-10?. The van der Waals surface area contributed by atoms with E-state index in [1.165, 1.54) is 0 Å². The van der Waals surface area contributed by atoms with Crippen molar-refractivity contribution >= 4 is 28.1 Å². The highest BCUT2D eigenvalue weighted by atomic mass is 35.5. The van der Waals surface area contributed by atoms with Gasteiger partial charge in [0, 0.05) is 11.4 Å². The van der Waals surface area contributed by atoms with E-state index in [2.05, 4.69) is 37.3 Å². The van der Waals surface area contributed by atoms with Crippen LogP contribution in [0.25, 0.3) is 16.5 Å². The summed E-state index contributed by atoms with van der Waals surface area (Å²) >= 11 is 6.27. The molecule has 0 unspecified atom stereocenters. The first-order valence-electron chi connectivity index (χ1n) is 7.57. The molecule has 1 aromatic carbocycles. The summed E-state index contributed by atoms with van der Waals surface area (Å²) in [6.45, 7) is 2.06. The van der Waals surface area contributed by atoms with Crippen molar-refractivity contribution in [3.05, 3.63) is 75.7 Å². The predicted octanol–water partition coefficient (Wildman–Crippen LogP) is 4.96. The summed E-state index contributed by atoms with van der Waals surface area (Å²) in [5.74, 6) is 0. The van der Waals surface area contributed by atoms with Crippen molar-refractivity contribution in [2.45, 2.75) is 26.2 Å². The molecular weight excluding hydrogens is 294 g/mol. The molecule has 1 aromatic heterocycles. The minimum absolute atomic E-state index is 0.0413. The van der Waals surface area contributed by atoms with Gasteiger partial charge in [-0.25, -0.2) is 0 Å². The van der Waals surface area contributed by atoms with E-state index in [-0.39, 0.29) is 5.56 Å². The first-order valence-corrected chi connectivity index (χ1v) is 7.95. The van der Waals surface area contributed by atoms with Gasteiger partial charge in [-0.3, -0.25) is 9.36 Å². The summed E-state index contributed by atoms with van der Waals surface area (Å²) in [4.78, 5) is 13.0. The molecule has 0 atom stereocenters. The third-order valence-corrected chi connectivity index (χ3v) is 4.20. The summed E-state index contributed by atoms with van der Waals surface area (Å²) in [5.41, 5.74) is 1.88. The van der Waals surface area contributed by atoms with Crippen LogP contribution in [0.3, 0.4) is 0 Å². The van der Waals surface area contributed by atoms with Gasteiger partial charge in [0.25, 0.3) is 5.56 Å². The topological polar surface area (TPSA) is 22.0 Å². The van der Waals surface area contributed by atoms with Gasteiger partial charge >= 0.3 is 0 Å². The van der Waals surface area contributed by atoms with Gasteiger partial charge in [0.1, 0.15) is 0 Å². The molecule has 2 nitrogen and oxygen atoms in total. The number of aromatic nitrogens is 1. The number of hydrogen-bond donors (Lipinski definition) is 0. The average Bonchev–Trinajstić information content (AvgIpc) is 2.47. The van der Waals surface area contributed by atoms with E-state index in [4.69, 9.17) is 11.6 Å². The van der Waals surface area contributed by atoms with Crippen molar-refractivity contribution in [3.8, 4) is 0 Å². The minimum Gasteiger partial charge on any atom is -0.281 e. The van der Waals surface area contributed by atoms with Crippen molar-refractivity contribution in [2.75, 3.05) is 0 Å². The van der Waals surface area contributed by atoms with Crippen LogP contribution < -0.4 is 5.56 Å². The van der Waals surface area contributed by atoms with Gasteiger partial charge in [-0.05, 0) is 42.9 Å². The molecule has 0 fully saturated rings. The van der Waals surface area contributed by atoms with Crippen LogP contribution >= 0.6 is 11.6 Å². The second-order valence-electron chi connectivity index (χ2n) is 5.31. The molecule has 3 rings (SSSR count). The maximum Gasteiger partial charge on any atom is 0.264 e. The number of pyridine rings is 1. The molecule has 0 saturated carbocycles. The van der Waals surface area contributed by atoms with Crippen LogP contribution in [0.4, 0.5) is 0 Å². The molecule has 1 heterocycles. The van der Waals surface area contributed by atoms with Crippen LogP contribution in [-0.2, 0) is 6.42 Å². The summed E-state index contributed by atoms with van der Waals surface area (Å²) in [6, 6.07) is 7.66. The Balaban J connectivity index is 2.33. The Bertz CT molecular complexity index is 856. The molecule has 3 heteroatoms. The van der Waals surface area contributed by atoms with Crippen LogP contribution in [0.5, 0.6) is 0 Å². The molecule has 1 aliphatic rings. The van der Waals surface area contributed by atoms with Gasteiger partial charge in [-0.2, -0.15) is 0 Å². The fourth-order valence-corrected chi connectivity index (χ4v) is 3.06. The molecule has 2 aromatic rings. The van der Waals surface area contributed by atoms with Gasteiger partial charge in [0.15, 0.2) is 0 Å². The summed E-state index contributed by atoms with van der Waals surface area (Å²) in [5, 5.41) is 2.00. The molecular formula is C19H18ClNO. The molecule has 0 amide bonds. The zero-order valence-corrected chi connectivity index (χ0v) is 13.3. The van der Waals surface area contributed by atoms with Crippen LogP contribution in [0.2, 0.25) is 5.02 Å². The molecule has 0 spiro atoms. The van der Waals surface area contributed by atoms with Crippen LogP contribution in [0, 0.1) is 0 Å². The molecule has 0 radical (unpaired) electrons. The zero-order chi connectivity index (χ0) is 15.5. The lowest BCUT2D eigenvalue weighted by Crippen LogP contribution is -2.22. The Morgan fingerprint density at radius 1 is 1.18 bits per heavy atom. The number of aryl methyl sites for hydroxylation is 1. The monoisotopic (exact) mass is 311 g/mol. The lowest BCUT2D eigenvalue weighted by Gasteiger charge is -2.15. The number of benzene rings is 1. The van der Waals surface area contributed by atoms with Gasteiger partial charge in [-0.1, -0.05) is 55.0 Å². The molecule has 0 bridgehead atoms. The molecule has 0 N–H and O–H groups in total. The Labute approximate surface area is 135 Å². The predicted molar refractivity (Wildman–Crippen MR) is 94.4 cm³/mol. The van der Waals surface area contributed by atoms with Crippen molar-refractivity contribution in [2.24, 2.45) is 0 Å². The maximum absolute atomic E-state index is 13.0. The molecule has 1 aliphatic carbocycles. The smallest absolute Gasteiger partial charge is 0.264 e. The van der Waals surface area contributed by atoms with Crippen LogP contribution in [-0.4, -0.2) is 4.57 Å². The van der Waals surface area contributed by atoms with E-state index in [1.807, 2.05) is 18.2 Å². The summed E-state index contributed by atoms with van der Waals surface area (Å²) in [6.07, 6.45) is 12.9. The third kappa shape index (κ3) is 2.67. The highest BCUT2D eigenvalue weighted by Gasteiger charge is 2.12. The van der Waals surface area contributed by atoms with E-state index in [9.17, 15) is 4.79 Å². The fourth-order valence-electron chi connectivity index (χ4n) is 2.80. The lowest BCUT2D eigenvalue weighted by molar-refractivity contribution is 0.908. The summed E-state index contributed by atoms with van der Waals surface area (Å²) in [7, 11) is 0. The second-order valence-corrected chi connectivity index (χ2v) is 5.72. The van der Waals surface area contributed by atoms with Crippen LogP contribution in [0.15, 0.2) is 59.4 Å². The van der Waals surface area contributed by atoms with Gasteiger partial charge in [0.2, 0.25) is 0 Å². The number of nitrogens with zero attached hydrogens (tertiary/aromatic N) is 1. The zero-order valence-electron chi connectivity index (χ0n) is 12.6. The van der Waals surface area contributed by atoms with Crippen molar-refractivity contribution < 1.29 is 0 Å². The van der Waals surface area contributed by atoms with Crippen molar-refractivity contribution in [1.82, 2.24) is 4.57 Å².